The zero-order chi connectivity index (χ0) is 19.7. The minimum absolute atomic E-state index is 0.218. The van der Waals surface area contributed by atoms with Gasteiger partial charge in [0.1, 0.15) is 0 Å². The number of benzene rings is 1. The van der Waals surface area contributed by atoms with Crippen molar-refractivity contribution in [2.24, 2.45) is 5.92 Å². The van der Waals surface area contributed by atoms with Crippen LogP contribution in [0.25, 0.3) is 11.0 Å². The lowest BCUT2D eigenvalue weighted by Crippen LogP contribution is -2.50. The fourth-order valence-electron chi connectivity index (χ4n) is 3.65. The Kier molecular flexibility index (Phi) is 5.15. The van der Waals surface area contributed by atoms with Gasteiger partial charge >= 0.3 is 5.97 Å². The van der Waals surface area contributed by atoms with Gasteiger partial charge in [0.25, 0.3) is 0 Å². The largest absolute Gasteiger partial charge is 0.465 e. The summed E-state index contributed by atoms with van der Waals surface area (Å²) in [7, 11) is 1.58. The van der Waals surface area contributed by atoms with E-state index in [-0.39, 0.29) is 12.5 Å². The van der Waals surface area contributed by atoms with Crippen LogP contribution >= 0.6 is 11.3 Å². The molecule has 0 saturated heterocycles. The third-order valence-electron chi connectivity index (χ3n) is 4.84. The molecule has 2 atom stereocenters. The Balaban J connectivity index is 1.95. The molecule has 4 rings (SSSR count). The first kappa shape index (κ1) is 18.6. The number of nitrogens with zero attached hydrogens (tertiary/aromatic N) is 3. The Bertz CT molecular complexity index is 998. The molecular weight excluding hydrogens is 378 g/mol. The van der Waals surface area contributed by atoms with Crippen LogP contribution in [0.15, 0.2) is 41.8 Å². The maximum atomic E-state index is 13.4. The Morgan fingerprint density at radius 3 is 2.79 bits per heavy atom. The van der Waals surface area contributed by atoms with E-state index in [1.54, 1.807) is 14.0 Å². The van der Waals surface area contributed by atoms with E-state index in [1.165, 1.54) is 16.2 Å². The molecule has 146 valence electrons. The molecule has 0 aliphatic carbocycles. The number of carbonyl (C=O) groups is 2. The van der Waals surface area contributed by atoms with E-state index in [0.29, 0.717) is 19.1 Å². The third kappa shape index (κ3) is 2.98. The Morgan fingerprint density at radius 1 is 1.25 bits per heavy atom. The molecule has 0 bridgehead atoms. The van der Waals surface area contributed by atoms with Crippen molar-refractivity contribution in [3.8, 4) is 0 Å². The molecule has 28 heavy (non-hydrogen) atoms. The van der Waals surface area contributed by atoms with E-state index < -0.39 is 17.9 Å². The van der Waals surface area contributed by atoms with E-state index in [1.807, 2.05) is 46.3 Å². The van der Waals surface area contributed by atoms with Crippen molar-refractivity contribution in [3.05, 3.63) is 46.7 Å². The summed E-state index contributed by atoms with van der Waals surface area (Å²) in [5, 5.41) is 1.94. The molecule has 2 aromatic heterocycles. The molecule has 1 aliphatic rings. The van der Waals surface area contributed by atoms with Gasteiger partial charge in [0, 0.05) is 12.0 Å². The number of para-hydroxylation sites is 2. The molecule has 8 heteroatoms. The highest BCUT2D eigenvalue weighted by atomic mass is 32.1. The normalized spacial score (nSPS) is 19.1. The number of thiophene rings is 1. The van der Waals surface area contributed by atoms with Crippen LogP contribution < -0.4 is 4.90 Å². The van der Waals surface area contributed by atoms with E-state index in [9.17, 15) is 9.59 Å². The van der Waals surface area contributed by atoms with Gasteiger partial charge in [-0.3, -0.25) is 19.1 Å². The highest BCUT2D eigenvalue weighted by Gasteiger charge is 2.48. The predicted molar refractivity (Wildman–Crippen MR) is 107 cm³/mol. The fourth-order valence-corrected chi connectivity index (χ4v) is 4.50. The zero-order valence-electron chi connectivity index (χ0n) is 15.7. The number of aromatic nitrogens is 2. The van der Waals surface area contributed by atoms with Crippen LogP contribution in [-0.2, 0) is 19.1 Å². The van der Waals surface area contributed by atoms with Crippen molar-refractivity contribution in [2.45, 2.75) is 13.0 Å². The van der Waals surface area contributed by atoms with Gasteiger partial charge in [0.15, 0.2) is 5.92 Å². The molecular formula is C20H21N3O4S. The second-order valence-corrected chi connectivity index (χ2v) is 7.42. The number of esters is 1. The second-order valence-electron chi connectivity index (χ2n) is 6.44. The van der Waals surface area contributed by atoms with Crippen LogP contribution in [0.3, 0.4) is 0 Å². The van der Waals surface area contributed by atoms with Crippen molar-refractivity contribution in [1.82, 2.24) is 9.55 Å². The summed E-state index contributed by atoms with van der Waals surface area (Å²) in [5.41, 5.74) is 1.65. The van der Waals surface area contributed by atoms with Crippen molar-refractivity contribution >= 4 is 40.2 Å². The number of rotatable bonds is 6. The smallest absolute Gasteiger partial charge is 0.321 e. The summed E-state index contributed by atoms with van der Waals surface area (Å²) in [6, 6.07) is 11.1. The van der Waals surface area contributed by atoms with Gasteiger partial charge in [-0.2, -0.15) is 0 Å². The van der Waals surface area contributed by atoms with Crippen LogP contribution in [0.5, 0.6) is 0 Å². The quantitative estimate of drug-likeness (QED) is 0.471. The maximum absolute atomic E-state index is 13.4. The standard InChI is InChI=1S/C20H21N3O4S/c1-3-27-19(25)16-17(15-9-6-12-28-15)23-14-8-5-4-7-13(14)21-20(23)22(18(16)24)10-11-26-2/h4-9,12,16-17H,3,10-11H2,1-2H3/t16-,17+/m0/s1. The summed E-state index contributed by atoms with van der Waals surface area (Å²) in [5.74, 6) is -1.27. The number of carbonyl (C=O) groups excluding carboxylic acids is 2. The Morgan fingerprint density at radius 2 is 2.07 bits per heavy atom. The third-order valence-corrected chi connectivity index (χ3v) is 5.78. The van der Waals surface area contributed by atoms with Crippen LogP contribution in [-0.4, -0.2) is 48.3 Å². The number of hydrogen-bond donors (Lipinski definition) is 0. The van der Waals surface area contributed by atoms with E-state index in [2.05, 4.69) is 0 Å². The van der Waals surface area contributed by atoms with Crippen molar-refractivity contribution in [2.75, 3.05) is 31.8 Å². The molecule has 0 unspecified atom stereocenters. The molecule has 3 heterocycles. The minimum Gasteiger partial charge on any atom is -0.465 e. The number of hydrogen-bond acceptors (Lipinski definition) is 6. The molecule has 0 N–H and O–H groups in total. The monoisotopic (exact) mass is 399 g/mol. The highest BCUT2D eigenvalue weighted by molar-refractivity contribution is 7.10. The average molecular weight is 399 g/mol. The van der Waals surface area contributed by atoms with Gasteiger partial charge < -0.3 is 9.47 Å². The number of imidazole rings is 1. The molecule has 0 radical (unpaired) electrons. The SMILES string of the molecule is CCOC(=O)[C@@H]1C(=O)N(CCOC)c2nc3ccccc3n2[C@@H]1c1cccs1. The van der Waals surface area contributed by atoms with Crippen molar-refractivity contribution in [1.29, 1.82) is 0 Å². The molecule has 1 amide bonds. The van der Waals surface area contributed by atoms with Gasteiger partial charge in [-0.25, -0.2) is 4.98 Å². The van der Waals surface area contributed by atoms with Gasteiger partial charge in [-0.05, 0) is 30.5 Å². The zero-order valence-corrected chi connectivity index (χ0v) is 16.5. The number of amides is 1. The number of methoxy groups -OCH3 is 1. The maximum Gasteiger partial charge on any atom is 0.321 e. The van der Waals surface area contributed by atoms with Gasteiger partial charge in [0.05, 0.1) is 36.8 Å². The first-order valence-electron chi connectivity index (χ1n) is 9.14. The first-order valence-corrected chi connectivity index (χ1v) is 10.0. The molecule has 3 aromatic rings. The van der Waals surface area contributed by atoms with Gasteiger partial charge in [0.2, 0.25) is 11.9 Å². The predicted octanol–water partition coefficient (Wildman–Crippen LogP) is 2.86. The van der Waals surface area contributed by atoms with Crippen molar-refractivity contribution in [3.63, 3.8) is 0 Å². The lowest BCUT2D eigenvalue weighted by Gasteiger charge is -2.37. The Hall–Kier alpha value is -2.71. The molecule has 0 saturated carbocycles. The van der Waals surface area contributed by atoms with Gasteiger partial charge in [-0.1, -0.05) is 18.2 Å². The summed E-state index contributed by atoms with van der Waals surface area (Å²) in [6.45, 7) is 2.61. The van der Waals surface area contributed by atoms with Crippen LogP contribution in [0.2, 0.25) is 0 Å². The van der Waals surface area contributed by atoms with Crippen LogP contribution in [0.4, 0.5) is 5.95 Å². The lowest BCUT2D eigenvalue weighted by atomic mass is 9.94. The van der Waals surface area contributed by atoms with Gasteiger partial charge in [-0.15, -0.1) is 11.3 Å². The number of anilines is 1. The molecule has 0 spiro atoms. The minimum atomic E-state index is -0.972. The Labute approximate surface area is 166 Å². The lowest BCUT2D eigenvalue weighted by molar-refractivity contribution is -0.153. The fraction of sp³-hybridized carbons (Fsp3) is 0.350. The highest BCUT2D eigenvalue weighted by Crippen LogP contribution is 2.42. The second kappa shape index (κ2) is 7.73. The summed E-state index contributed by atoms with van der Waals surface area (Å²) in [4.78, 5) is 33.4. The molecule has 1 aromatic carbocycles. The molecule has 0 fully saturated rings. The molecule has 1 aliphatic heterocycles. The summed E-state index contributed by atoms with van der Waals surface area (Å²) >= 11 is 1.51. The van der Waals surface area contributed by atoms with Crippen LogP contribution in [0, 0.1) is 5.92 Å². The van der Waals surface area contributed by atoms with Crippen molar-refractivity contribution < 1.29 is 19.1 Å². The van der Waals surface area contributed by atoms with Crippen LogP contribution in [0.1, 0.15) is 17.8 Å². The van der Waals surface area contributed by atoms with E-state index in [4.69, 9.17) is 14.5 Å². The summed E-state index contributed by atoms with van der Waals surface area (Å²) < 4.78 is 12.5. The first-order chi connectivity index (χ1) is 13.7. The topological polar surface area (TPSA) is 73.7 Å². The summed E-state index contributed by atoms with van der Waals surface area (Å²) in [6.07, 6.45) is 0. The van der Waals surface area contributed by atoms with E-state index in [0.717, 1.165) is 15.9 Å². The number of fused-ring (bicyclic) bond motifs is 3. The van der Waals surface area contributed by atoms with E-state index >= 15 is 0 Å². The molecule has 7 nitrogen and oxygen atoms in total. The number of ether oxygens (including phenoxy) is 2. The average Bonchev–Trinajstić information content (AvgIpc) is 3.34.